The van der Waals surface area contributed by atoms with Crippen molar-refractivity contribution in [3.05, 3.63) is 65.7 Å². The first-order valence-corrected chi connectivity index (χ1v) is 11.0. The number of oxazole rings is 1. The number of morpholine rings is 1. The summed E-state index contributed by atoms with van der Waals surface area (Å²) in [6.45, 7) is 9.08. The Balaban J connectivity index is 0.00000306. The number of hydrogen-bond acceptors (Lipinski definition) is 6. The number of aliphatic imine (C=N–C) groups is 1. The average Bonchev–Trinajstić information content (AvgIpc) is 3.31. The molecule has 3 heterocycles. The highest BCUT2D eigenvalue weighted by atomic mass is 127. The number of rotatable bonds is 7. The molecule has 9 heteroatoms. The van der Waals surface area contributed by atoms with Crippen LogP contribution in [0.15, 0.2) is 58.3 Å². The Morgan fingerprint density at radius 2 is 1.91 bits per heavy atom. The van der Waals surface area contributed by atoms with Gasteiger partial charge in [0.05, 0.1) is 32.0 Å². The molecule has 176 valence electrons. The fourth-order valence-corrected chi connectivity index (χ4v) is 3.51. The third-order valence-electron chi connectivity index (χ3n) is 5.22. The van der Waals surface area contributed by atoms with Gasteiger partial charge >= 0.3 is 0 Å². The number of nitrogens with one attached hydrogen (secondary N) is 2. The number of nitrogens with zero attached hydrogens (tertiary/aromatic N) is 4. The van der Waals surface area contributed by atoms with Crippen molar-refractivity contribution in [1.29, 1.82) is 0 Å². The molecule has 1 fully saturated rings. The molecule has 0 amide bonds. The Labute approximate surface area is 211 Å². The second-order valence-corrected chi connectivity index (χ2v) is 7.64. The molecular formula is C24H31IN6O2. The van der Waals surface area contributed by atoms with Gasteiger partial charge in [-0.3, -0.25) is 0 Å². The van der Waals surface area contributed by atoms with Gasteiger partial charge in [0.1, 0.15) is 12.1 Å². The van der Waals surface area contributed by atoms with Crippen LogP contribution in [0.3, 0.4) is 0 Å². The molecule has 0 saturated carbocycles. The summed E-state index contributed by atoms with van der Waals surface area (Å²) in [5, 5.41) is 6.64. The number of anilines is 1. The predicted molar refractivity (Wildman–Crippen MR) is 141 cm³/mol. The van der Waals surface area contributed by atoms with Gasteiger partial charge in [-0.25, -0.2) is 15.0 Å². The zero-order valence-electron chi connectivity index (χ0n) is 19.1. The number of aromatic nitrogens is 2. The zero-order chi connectivity index (χ0) is 22.2. The number of guanidine groups is 1. The summed E-state index contributed by atoms with van der Waals surface area (Å²) in [7, 11) is 0. The molecule has 2 aromatic heterocycles. The summed E-state index contributed by atoms with van der Waals surface area (Å²) in [6.07, 6.45) is 3.51. The smallest absolute Gasteiger partial charge is 0.226 e. The molecule has 8 nitrogen and oxygen atoms in total. The summed E-state index contributed by atoms with van der Waals surface area (Å²) in [6, 6.07) is 12.2. The van der Waals surface area contributed by atoms with E-state index in [-0.39, 0.29) is 24.0 Å². The summed E-state index contributed by atoms with van der Waals surface area (Å²) >= 11 is 0. The number of hydrogen-bond donors (Lipinski definition) is 2. The van der Waals surface area contributed by atoms with E-state index in [1.165, 1.54) is 5.56 Å². The molecule has 33 heavy (non-hydrogen) atoms. The van der Waals surface area contributed by atoms with E-state index in [2.05, 4.69) is 50.6 Å². The molecule has 0 atom stereocenters. The minimum Gasteiger partial charge on any atom is -0.444 e. The lowest BCUT2D eigenvalue weighted by atomic mass is 10.1. The third-order valence-corrected chi connectivity index (χ3v) is 5.22. The molecule has 3 aromatic rings. The Morgan fingerprint density at radius 1 is 1.12 bits per heavy atom. The van der Waals surface area contributed by atoms with Crippen LogP contribution in [0.25, 0.3) is 11.5 Å². The van der Waals surface area contributed by atoms with Gasteiger partial charge in [0.15, 0.2) is 5.96 Å². The monoisotopic (exact) mass is 562 g/mol. The van der Waals surface area contributed by atoms with Crippen LogP contribution in [-0.2, 0) is 17.8 Å². The molecule has 1 aromatic carbocycles. The molecule has 0 spiro atoms. The molecule has 0 radical (unpaired) electrons. The van der Waals surface area contributed by atoms with Crippen molar-refractivity contribution in [3.8, 4) is 11.5 Å². The molecule has 1 saturated heterocycles. The number of pyridine rings is 1. The van der Waals surface area contributed by atoms with Crippen molar-refractivity contribution in [2.75, 3.05) is 37.7 Å². The molecular weight excluding hydrogens is 531 g/mol. The molecule has 4 rings (SSSR count). The highest BCUT2D eigenvalue weighted by molar-refractivity contribution is 14.0. The fraction of sp³-hybridized carbons (Fsp3) is 0.375. The number of aryl methyl sites for hydroxylation is 1. The second-order valence-electron chi connectivity index (χ2n) is 7.64. The van der Waals surface area contributed by atoms with Crippen LogP contribution >= 0.6 is 24.0 Å². The topological polar surface area (TPSA) is 87.8 Å². The van der Waals surface area contributed by atoms with E-state index in [4.69, 9.17) is 14.1 Å². The quantitative estimate of drug-likeness (QED) is 0.258. The maximum atomic E-state index is 5.66. The maximum Gasteiger partial charge on any atom is 0.226 e. The van der Waals surface area contributed by atoms with Crippen LogP contribution in [0.1, 0.15) is 23.7 Å². The van der Waals surface area contributed by atoms with Crippen molar-refractivity contribution < 1.29 is 9.15 Å². The van der Waals surface area contributed by atoms with E-state index in [0.29, 0.717) is 19.0 Å². The number of ether oxygens (including phenoxy) is 1. The Kier molecular flexibility index (Phi) is 9.49. The lowest BCUT2D eigenvalue weighted by molar-refractivity contribution is 0.122. The summed E-state index contributed by atoms with van der Waals surface area (Å²) in [5.74, 6) is 2.33. The maximum absolute atomic E-state index is 5.66. The molecule has 0 unspecified atom stereocenters. The standard InChI is InChI=1S/C24H30N6O2.HI/c1-3-25-24(27-15-20-5-4-10-26-22(20)30-11-13-31-14-12-30)28-16-21-17-32-23(29-21)19-8-6-18(2)7-9-19;/h4-10,17H,3,11-16H2,1-2H3,(H2,25,27,28);1H. The highest BCUT2D eigenvalue weighted by Crippen LogP contribution is 2.20. The Morgan fingerprint density at radius 3 is 2.67 bits per heavy atom. The van der Waals surface area contributed by atoms with Crippen LogP contribution in [0.4, 0.5) is 5.82 Å². The molecule has 0 aliphatic carbocycles. The molecule has 2 N–H and O–H groups in total. The van der Waals surface area contributed by atoms with Gasteiger partial charge < -0.3 is 24.7 Å². The number of benzene rings is 1. The van der Waals surface area contributed by atoms with Crippen molar-refractivity contribution in [2.45, 2.75) is 26.9 Å². The van der Waals surface area contributed by atoms with Gasteiger partial charge in [0.2, 0.25) is 5.89 Å². The SMILES string of the molecule is CCNC(=NCc1cccnc1N1CCOCC1)NCc1coc(-c2ccc(C)cc2)n1.I. The first-order valence-electron chi connectivity index (χ1n) is 11.0. The van der Waals surface area contributed by atoms with Crippen molar-refractivity contribution in [2.24, 2.45) is 4.99 Å². The minimum atomic E-state index is 0. The first-order chi connectivity index (χ1) is 15.7. The normalized spacial score (nSPS) is 14.0. The van der Waals surface area contributed by atoms with Gasteiger partial charge in [-0.2, -0.15) is 0 Å². The minimum absolute atomic E-state index is 0. The summed E-state index contributed by atoms with van der Waals surface area (Å²) in [5.41, 5.74) is 4.09. The van der Waals surface area contributed by atoms with E-state index in [0.717, 1.165) is 61.4 Å². The highest BCUT2D eigenvalue weighted by Gasteiger charge is 2.15. The molecule has 1 aliphatic rings. The van der Waals surface area contributed by atoms with Crippen molar-refractivity contribution in [3.63, 3.8) is 0 Å². The average molecular weight is 562 g/mol. The fourth-order valence-electron chi connectivity index (χ4n) is 3.51. The van der Waals surface area contributed by atoms with Crippen LogP contribution in [-0.4, -0.2) is 48.8 Å². The largest absolute Gasteiger partial charge is 0.444 e. The van der Waals surface area contributed by atoms with Crippen LogP contribution in [0.5, 0.6) is 0 Å². The van der Waals surface area contributed by atoms with E-state index in [9.17, 15) is 0 Å². The predicted octanol–water partition coefficient (Wildman–Crippen LogP) is 3.75. The van der Waals surface area contributed by atoms with Crippen molar-refractivity contribution >= 4 is 35.8 Å². The lowest BCUT2D eigenvalue weighted by Crippen LogP contribution is -2.38. The van der Waals surface area contributed by atoms with E-state index < -0.39 is 0 Å². The zero-order valence-corrected chi connectivity index (χ0v) is 21.4. The molecule has 0 bridgehead atoms. The van der Waals surface area contributed by atoms with Gasteiger partial charge in [-0.1, -0.05) is 23.8 Å². The molecule has 1 aliphatic heterocycles. The van der Waals surface area contributed by atoms with Gasteiger partial charge in [0.25, 0.3) is 0 Å². The Hall–Kier alpha value is -2.66. The summed E-state index contributed by atoms with van der Waals surface area (Å²) in [4.78, 5) is 16.2. The van der Waals surface area contributed by atoms with E-state index >= 15 is 0 Å². The lowest BCUT2D eigenvalue weighted by Gasteiger charge is -2.29. The van der Waals surface area contributed by atoms with E-state index in [1.807, 2.05) is 31.3 Å². The first kappa shape index (κ1) is 25.0. The van der Waals surface area contributed by atoms with Crippen molar-refractivity contribution in [1.82, 2.24) is 20.6 Å². The third kappa shape index (κ3) is 6.91. The van der Waals surface area contributed by atoms with Crippen LogP contribution in [0, 0.1) is 6.92 Å². The van der Waals surface area contributed by atoms with Crippen LogP contribution in [0.2, 0.25) is 0 Å². The number of halogens is 1. The van der Waals surface area contributed by atoms with Crippen LogP contribution < -0.4 is 15.5 Å². The summed E-state index contributed by atoms with van der Waals surface area (Å²) < 4.78 is 11.1. The second kappa shape index (κ2) is 12.5. The van der Waals surface area contributed by atoms with Gasteiger partial charge in [0, 0.05) is 37.0 Å². The van der Waals surface area contributed by atoms with E-state index in [1.54, 1.807) is 6.26 Å². The Bertz CT molecular complexity index is 1030. The van der Waals surface area contributed by atoms with Gasteiger partial charge in [-0.05, 0) is 32.0 Å². The van der Waals surface area contributed by atoms with Gasteiger partial charge in [-0.15, -0.1) is 24.0 Å².